The Balaban J connectivity index is 1.33. The average molecular weight is 386 g/mol. The molecule has 2 aromatic rings. The minimum absolute atomic E-state index is 0.107. The van der Waals surface area contributed by atoms with Crippen molar-refractivity contribution in [2.75, 3.05) is 37.6 Å². The zero-order valence-electron chi connectivity index (χ0n) is 15.9. The van der Waals surface area contributed by atoms with Crippen molar-refractivity contribution in [1.29, 1.82) is 0 Å². The summed E-state index contributed by atoms with van der Waals surface area (Å²) in [7, 11) is 0. The van der Waals surface area contributed by atoms with E-state index in [1.54, 1.807) is 24.3 Å². The molecule has 0 unspecified atom stereocenters. The molecule has 0 aromatic heterocycles. The van der Waals surface area contributed by atoms with Crippen LogP contribution in [0.2, 0.25) is 0 Å². The van der Waals surface area contributed by atoms with Crippen LogP contribution in [0.5, 0.6) is 0 Å². The summed E-state index contributed by atoms with van der Waals surface area (Å²) in [4.78, 5) is 18.3. The first-order valence-corrected chi connectivity index (χ1v) is 9.97. The van der Waals surface area contributed by atoms with E-state index in [2.05, 4.69) is 4.90 Å². The van der Waals surface area contributed by atoms with Crippen molar-refractivity contribution < 1.29 is 18.5 Å². The van der Waals surface area contributed by atoms with Crippen LogP contribution >= 0.6 is 0 Å². The van der Waals surface area contributed by atoms with E-state index < -0.39 is 0 Å². The number of carbonyl (C=O) groups excluding carboxylic acids is 1. The number of benzene rings is 2. The predicted octanol–water partition coefficient (Wildman–Crippen LogP) is 1.86. The Morgan fingerprint density at radius 3 is 2.36 bits per heavy atom. The monoisotopic (exact) mass is 386 g/mol. The third-order valence-electron chi connectivity index (χ3n) is 5.67. The molecule has 0 atom stereocenters. The van der Waals surface area contributed by atoms with Gasteiger partial charge in [-0.2, -0.15) is 0 Å². The number of hydrogen-bond donors (Lipinski definition) is 1. The third-order valence-corrected chi connectivity index (χ3v) is 5.67. The van der Waals surface area contributed by atoms with Crippen LogP contribution in [-0.2, 0) is 11.3 Å². The van der Waals surface area contributed by atoms with Crippen LogP contribution in [0.4, 0.5) is 14.5 Å². The summed E-state index contributed by atoms with van der Waals surface area (Å²) in [6.07, 6.45) is 2.02. The van der Waals surface area contributed by atoms with Gasteiger partial charge in [0.25, 0.3) is 5.91 Å². The molecule has 1 aliphatic carbocycles. The maximum atomic E-state index is 14.0. The molecule has 0 bridgehead atoms. The van der Waals surface area contributed by atoms with E-state index in [0.717, 1.165) is 44.7 Å². The molecule has 1 saturated heterocycles. The van der Waals surface area contributed by atoms with Gasteiger partial charge in [0.05, 0.1) is 26.2 Å². The van der Waals surface area contributed by atoms with Crippen LogP contribution in [0.15, 0.2) is 48.5 Å². The molecule has 148 valence electrons. The van der Waals surface area contributed by atoms with E-state index in [4.69, 9.17) is 0 Å². The second-order valence-corrected chi connectivity index (χ2v) is 7.73. The lowest BCUT2D eigenvalue weighted by Gasteiger charge is -2.34. The van der Waals surface area contributed by atoms with Gasteiger partial charge in [0.15, 0.2) is 6.54 Å². The maximum absolute atomic E-state index is 14.0. The van der Waals surface area contributed by atoms with E-state index in [1.165, 1.54) is 23.1 Å². The summed E-state index contributed by atoms with van der Waals surface area (Å²) in [5, 5.41) is 0. The van der Waals surface area contributed by atoms with Gasteiger partial charge < -0.3 is 14.7 Å². The first kappa shape index (κ1) is 18.9. The Hall–Kier alpha value is -2.47. The van der Waals surface area contributed by atoms with Gasteiger partial charge in [-0.15, -0.1) is 0 Å². The number of anilines is 1. The summed E-state index contributed by atoms with van der Waals surface area (Å²) in [6.45, 7) is 4.20. The number of quaternary nitrogens is 1. The van der Waals surface area contributed by atoms with Gasteiger partial charge >= 0.3 is 0 Å². The fraction of sp³-hybridized carbons (Fsp3) is 0.409. The summed E-state index contributed by atoms with van der Waals surface area (Å²) in [6, 6.07) is 13.5. The molecule has 1 amide bonds. The minimum atomic E-state index is -0.249. The summed E-state index contributed by atoms with van der Waals surface area (Å²) < 4.78 is 27.1. The van der Waals surface area contributed by atoms with Crippen LogP contribution in [0.3, 0.4) is 0 Å². The van der Waals surface area contributed by atoms with Crippen molar-refractivity contribution in [2.45, 2.75) is 25.4 Å². The van der Waals surface area contributed by atoms with Gasteiger partial charge in [-0.25, -0.2) is 8.78 Å². The Kier molecular flexibility index (Phi) is 5.57. The van der Waals surface area contributed by atoms with Crippen LogP contribution in [-0.4, -0.2) is 49.6 Å². The molecule has 4 rings (SSSR count). The first-order chi connectivity index (χ1) is 13.6. The van der Waals surface area contributed by atoms with Crippen LogP contribution in [0.1, 0.15) is 18.4 Å². The van der Waals surface area contributed by atoms with Gasteiger partial charge in [-0.1, -0.05) is 18.2 Å². The van der Waals surface area contributed by atoms with Crippen LogP contribution < -0.4 is 9.80 Å². The average Bonchev–Trinajstić information content (AvgIpc) is 3.54. The molecular formula is C22H26F2N3O+. The molecule has 6 heteroatoms. The summed E-state index contributed by atoms with van der Waals surface area (Å²) in [5.41, 5.74) is 1.60. The van der Waals surface area contributed by atoms with Crippen molar-refractivity contribution in [2.24, 2.45) is 0 Å². The number of halogens is 2. The van der Waals surface area contributed by atoms with Crippen molar-refractivity contribution >= 4 is 11.6 Å². The van der Waals surface area contributed by atoms with Crippen molar-refractivity contribution in [1.82, 2.24) is 4.90 Å². The highest BCUT2D eigenvalue weighted by atomic mass is 19.1. The number of piperazine rings is 1. The molecule has 2 fully saturated rings. The molecule has 1 N–H and O–H groups in total. The lowest BCUT2D eigenvalue weighted by atomic mass is 10.2. The molecule has 1 saturated carbocycles. The zero-order valence-corrected chi connectivity index (χ0v) is 15.9. The van der Waals surface area contributed by atoms with Crippen LogP contribution in [0.25, 0.3) is 0 Å². The summed E-state index contributed by atoms with van der Waals surface area (Å²) >= 11 is 0. The number of nitrogens with one attached hydrogen (secondary N) is 1. The minimum Gasteiger partial charge on any atom is -0.360 e. The van der Waals surface area contributed by atoms with Gasteiger partial charge in [0.1, 0.15) is 11.6 Å². The topological polar surface area (TPSA) is 28.0 Å². The smallest absolute Gasteiger partial charge is 0.278 e. The highest BCUT2D eigenvalue weighted by molar-refractivity contribution is 5.77. The summed E-state index contributed by atoms with van der Waals surface area (Å²) in [5.74, 6) is -0.370. The molecule has 0 spiro atoms. The van der Waals surface area contributed by atoms with Crippen molar-refractivity contribution in [3.8, 4) is 0 Å². The third kappa shape index (κ3) is 4.50. The number of carbonyl (C=O) groups is 1. The number of hydrogen-bond acceptors (Lipinski definition) is 2. The molecule has 2 aromatic carbocycles. The lowest BCUT2D eigenvalue weighted by molar-refractivity contribution is -0.892. The van der Waals surface area contributed by atoms with E-state index in [1.807, 2.05) is 11.0 Å². The van der Waals surface area contributed by atoms with Gasteiger partial charge in [-0.3, -0.25) is 4.79 Å². The predicted molar refractivity (Wildman–Crippen MR) is 104 cm³/mol. The Bertz CT molecular complexity index is 815. The van der Waals surface area contributed by atoms with Crippen molar-refractivity contribution in [3.05, 3.63) is 65.7 Å². The van der Waals surface area contributed by atoms with E-state index in [0.29, 0.717) is 18.7 Å². The molecule has 1 heterocycles. The number of rotatable bonds is 6. The Labute approximate surface area is 164 Å². The molecule has 2 aliphatic rings. The molecule has 1 aliphatic heterocycles. The standard InChI is InChI=1S/C22H25F2N3O/c23-18-5-7-19(8-6-18)26-13-11-25(12-14-26)16-22(28)27(20-9-10-20)15-17-3-1-2-4-21(17)24/h1-8,20H,9-16H2/p+1. The van der Waals surface area contributed by atoms with Gasteiger partial charge in [-0.05, 0) is 43.2 Å². The zero-order chi connectivity index (χ0) is 19.5. The second-order valence-electron chi connectivity index (χ2n) is 7.73. The largest absolute Gasteiger partial charge is 0.360 e. The molecule has 0 radical (unpaired) electrons. The fourth-order valence-corrected chi connectivity index (χ4v) is 3.84. The second kappa shape index (κ2) is 8.27. The van der Waals surface area contributed by atoms with Gasteiger partial charge in [0, 0.05) is 23.8 Å². The Morgan fingerprint density at radius 1 is 1.04 bits per heavy atom. The quantitative estimate of drug-likeness (QED) is 0.821. The van der Waals surface area contributed by atoms with Crippen LogP contribution in [0, 0.1) is 11.6 Å². The normalized spacial score (nSPS) is 17.6. The Morgan fingerprint density at radius 2 is 1.71 bits per heavy atom. The highest BCUT2D eigenvalue weighted by Crippen LogP contribution is 2.28. The van der Waals surface area contributed by atoms with E-state index in [9.17, 15) is 13.6 Å². The first-order valence-electron chi connectivity index (χ1n) is 9.97. The van der Waals surface area contributed by atoms with Crippen molar-refractivity contribution in [3.63, 3.8) is 0 Å². The maximum Gasteiger partial charge on any atom is 0.278 e. The lowest BCUT2D eigenvalue weighted by Crippen LogP contribution is -3.15. The fourth-order valence-electron chi connectivity index (χ4n) is 3.84. The number of nitrogens with zero attached hydrogens (tertiary/aromatic N) is 2. The molecule has 4 nitrogen and oxygen atoms in total. The van der Waals surface area contributed by atoms with E-state index in [-0.39, 0.29) is 23.6 Å². The molecule has 28 heavy (non-hydrogen) atoms. The van der Waals surface area contributed by atoms with E-state index >= 15 is 0 Å². The van der Waals surface area contributed by atoms with Gasteiger partial charge in [0.2, 0.25) is 0 Å². The number of amides is 1. The molecular weight excluding hydrogens is 360 g/mol. The SMILES string of the molecule is O=C(C[NH+]1CCN(c2ccc(F)cc2)CC1)N(Cc1ccccc1F)C1CC1. The highest BCUT2D eigenvalue weighted by Gasteiger charge is 2.35.